The van der Waals surface area contributed by atoms with E-state index in [0.29, 0.717) is 36.2 Å². The number of carbonyl (C=O) groups excluding carboxylic acids is 1. The molecule has 0 atom stereocenters. The summed E-state index contributed by atoms with van der Waals surface area (Å²) in [6.45, 7) is 0.999. The van der Waals surface area contributed by atoms with Gasteiger partial charge in [0.15, 0.2) is 6.61 Å². The molecule has 2 heterocycles. The maximum absolute atomic E-state index is 10.8. The lowest BCUT2D eigenvalue weighted by atomic mass is 10.2. The van der Waals surface area contributed by atoms with E-state index in [1.807, 2.05) is 48.3 Å². The molecule has 0 fully saturated rings. The van der Waals surface area contributed by atoms with Crippen molar-refractivity contribution in [1.82, 2.24) is 20.0 Å². The van der Waals surface area contributed by atoms with E-state index in [9.17, 15) is 4.79 Å². The lowest BCUT2D eigenvalue weighted by molar-refractivity contribution is -0.119. The molecule has 2 aromatic heterocycles. The third-order valence-electron chi connectivity index (χ3n) is 3.50. The lowest BCUT2D eigenvalue weighted by Gasteiger charge is -2.14. The Morgan fingerprint density at radius 1 is 1.23 bits per heavy atom. The smallest absolute Gasteiger partial charge is 0.255 e. The molecule has 0 saturated carbocycles. The van der Waals surface area contributed by atoms with Gasteiger partial charge in [-0.2, -0.15) is 4.98 Å². The Balaban J connectivity index is 1.59. The van der Waals surface area contributed by atoms with Crippen LogP contribution in [0.15, 0.2) is 53.2 Å². The summed E-state index contributed by atoms with van der Waals surface area (Å²) in [4.78, 5) is 21.4. The molecule has 26 heavy (non-hydrogen) atoms. The van der Waals surface area contributed by atoms with Crippen molar-refractivity contribution in [2.24, 2.45) is 5.73 Å². The number of nitrogens with zero attached hydrogens (tertiary/aromatic N) is 4. The van der Waals surface area contributed by atoms with Crippen molar-refractivity contribution in [3.8, 4) is 17.3 Å². The Kier molecular flexibility index (Phi) is 5.55. The van der Waals surface area contributed by atoms with Crippen molar-refractivity contribution in [3.63, 3.8) is 0 Å². The average molecular weight is 353 g/mol. The molecule has 134 valence electrons. The fourth-order valence-electron chi connectivity index (χ4n) is 2.40. The van der Waals surface area contributed by atoms with Gasteiger partial charge in [0.05, 0.1) is 6.54 Å². The number of hydrogen-bond donors (Lipinski definition) is 1. The van der Waals surface area contributed by atoms with Crippen molar-refractivity contribution in [2.45, 2.75) is 13.1 Å². The SMILES string of the molecule is CN(Cc1cccc(OCC(N)=O)c1)Cc1nc(-c2ccccn2)no1. The number of ether oxygens (including phenoxy) is 1. The molecule has 3 rings (SSSR count). The molecule has 0 aliphatic rings. The number of primary amides is 1. The third kappa shape index (κ3) is 4.87. The normalized spacial score (nSPS) is 10.8. The molecule has 0 unspecified atom stereocenters. The zero-order valence-electron chi connectivity index (χ0n) is 14.3. The van der Waals surface area contributed by atoms with Crippen molar-refractivity contribution in [2.75, 3.05) is 13.7 Å². The molecule has 3 aromatic rings. The second-order valence-electron chi connectivity index (χ2n) is 5.80. The topological polar surface area (TPSA) is 107 Å². The largest absolute Gasteiger partial charge is 0.484 e. The van der Waals surface area contributed by atoms with Crippen LogP contribution in [0, 0.1) is 0 Å². The first-order valence-electron chi connectivity index (χ1n) is 8.03. The van der Waals surface area contributed by atoms with Gasteiger partial charge in [-0.3, -0.25) is 14.7 Å². The van der Waals surface area contributed by atoms with Crippen LogP contribution >= 0.6 is 0 Å². The molecule has 1 amide bonds. The number of rotatable bonds is 8. The van der Waals surface area contributed by atoms with Crippen LogP contribution in [0.1, 0.15) is 11.5 Å². The molecule has 8 nitrogen and oxygen atoms in total. The minimum Gasteiger partial charge on any atom is -0.484 e. The van der Waals surface area contributed by atoms with Gasteiger partial charge in [0.2, 0.25) is 11.7 Å². The van der Waals surface area contributed by atoms with Crippen molar-refractivity contribution >= 4 is 5.91 Å². The van der Waals surface area contributed by atoms with Crippen LogP contribution in [-0.2, 0) is 17.9 Å². The molecule has 0 spiro atoms. The maximum Gasteiger partial charge on any atom is 0.255 e. The highest BCUT2D eigenvalue weighted by molar-refractivity contribution is 5.75. The summed E-state index contributed by atoms with van der Waals surface area (Å²) < 4.78 is 10.6. The minimum absolute atomic E-state index is 0.141. The summed E-state index contributed by atoms with van der Waals surface area (Å²) in [6.07, 6.45) is 1.69. The molecule has 0 aliphatic heterocycles. The minimum atomic E-state index is -0.507. The Hall–Kier alpha value is -3.26. The van der Waals surface area contributed by atoms with Crippen molar-refractivity contribution in [1.29, 1.82) is 0 Å². The highest BCUT2D eigenvalue weighted by Crippen LogP contribution is 2.16. The van der Waals surface area contributed by atoms with Crippen molar-refractivity contribution < 1.29 is 14.1 Å². The molecule has 0 radical (unpaired) electrons. The zero-order valence-corrected chi connectivity index (χ0v) is 14.3. The summed E-state index contributed by atoms with van der Waals surface area (Å²) in [5, 5.41) is 3.96. The van der Waals surface area contributed by atoms with Gasteiger partial charge in [0.1, 0.15) is 11.4 Å². The maximum atomic E-state index is 10.8. The van der Waals surface area contributed by atoms with Crippen LogP contribution in [-0.4, -0.2) is 39.6 Å². The summed E-state index contributed by atoms with van der Waals surface area (Å²) in [7, 11) is 1.95. The predicted octanol–water partition coefficient (Wildman–Crippen LogP) is 1.63. The first-order chi connectivity index (χ1) is 12.6. The Labute approximate surface area is 150 Å². The predicted molar refractivity (Wildman–Crippen MR) is 93.8 cm³/mol. The van der Waals surface area contributed by atoms with E-state index in [-0.39, 0.29) is 6.61 Å². The molecule has 0 bridgehead atoms. The second kappa shape index (κ2) is 8.21. The van der Waals surface area contributed by atoms with E-state index in [2.05, 4.69) is 15.1 Å². The average Bonchev–Trinajstić information content (AvgIpc) is 3.09. The van der Waals surface area contributed by atoms with Crippen LogP contribution in [0.4, 0.5) is 0 Å². The first kappa shape index (κ1) is 17.6. The van der Waals surface area contributed by atoms with Crippen LogP contribution in [0.25, 0.3) is 11.5 Å². The summed E-state index contributed by atoms with van der Waals surface area (Å²) >= 11 is 0. The standard InChI is InChI=1S/C18H19N5O3/c1-23(10-13-5-4-6-14(9-13)25-12-16(19)24)11-17-21-18(22-26-17)15-7-2-3-8-20-15/h2-9H,10-12H2,1H3,(H2,19,24). The lowest BCUT2D eigenvalue weighted by Crippen LogP contribution is -2.20. The first-order valence-corrected chi connectivity index (χ1v) is 8.03. The zero-order chi connectivity index (χ0) is 18.4. The van der Waals surface area contributed by atoms with E-state index >= 15 is 0 Å². The molecule has 1 aromatic carbocycles. The number of aromatic nitrogens is 3. The summed E-state index contributed by atoms with van der Waals surface area (Å²) in [5.41, 5.74) is 6.79. The monoisotopic (exact) mass is 353 g/mol. The van der Waals surface area contributed by atoms with Gasteiger partial charge in [0.25, 0.3) is 5.91 Å². The Morgan fingerprint density at radius 3 is 2.88 bits per heavy atom. The van der Waals surface area contributed by atoms with Gasteiger partial charge >= 0.3 is 0 Å². The Morgan fingerprint density at radius 2 is 2.12 bits per heavy atom. The van der Waals surface area contributed by atoms with E-state index in [4.69, 9.17) is 15.0 Å². The molecule has 0 saturated heterocycles. The van der Waals surface area contributed by atoms with E-state index in [0.717, 1.165) is 5.56 Å². The van der Waals surface area contributed by atoms with Gasteiger partial charge in [-0.05, 0) is 36.9 Å². The van der Waals surface area contributed by atoms with Crippen LogP contribution < -0.4 is 10.5 Å². The molecule has 8 heteroatoms. The van der Waals surface area contributed by atoms with Gasteiger partial charge in [0, 0.05) is 12.7 Å². The number of carbonyl (C=O) groups is 1. The van der Waals surface area contributed by atoms with Gasteiger partial charge in [-0.15, -0.1) is 0 Å². The number of nitrogens with two attached hydrogens (primary N) is 1. The second-order valence-corrected chi connectivity index (χ2v) is 5.80. The van der Waals surface area contributed by atoms with E-state index in [1.165, 1.54) is 0 Å². The quantitative estimate of drug-likeness (QED) is 0.656. The number of hydrogen-bond acceptors (Lipinski definition) is 7. The van der Waals surface area contributed by atoms with Gasteiger partial charge in [-0.25, -0.2) is 0 Å². The molecule has 0 aliphatic carbocycles. The van der Waals surface area contributed by atoms with Gasteiger partial charge < -0.3 is 15.0 Å². The fourth-order valence-corrected chi connectivity index (χ4v) is 2.40. The number of amides is 1. The Bertz CT molecular complexity index is 866. The summed E-state index contributed by atoms with van der Waals surface area (Å²) in [6, 6.07) is 13.0. The number of pyridine rings is 1. The highest BCUT2D eigenvalue weighted by atomic mass is 16.5. The fraction of sp³-hybridized carbons (Fsp3) is 0.222. The number of benzene rings is 1. The van der Waals surface area contributed by atoms with Crippen LogP contribution in [0.3, 0.4) is 0 Å². The van der Waals surface area contributed by atoms with Crippen LogP contribution in [0.2, 0.25) is 0 Å². The van der Waals surface area contributed by atoms with Crippen LogP contribution in [0.5, 0.6) is 5.75 Å². The third-order valence-corrected chi connectivity index (χ3v) is 3.50. The summed E-state index contributed by atoms with van der Waals surface area (Å²) in [5.74, 6) is 1.07. The highest BCUT2D eigenvalue weighted by Gasteiger charge is 2.12. The molecular formula is C18H19N5O3. The van der Waals surface area contributed by atoms with E-state index < -0.39 is 5.91 Å². The molecule has 2 N–H and O–H groups in total. The van der Waals surface area contributed by atoms with Crippen molar-refractivity contribution in [3.05, 3.63) is 60.1 Å². The molecular weight excluding hydrogens is 334 g/mol. The van der Waals surface area contributed by atoms with Gasteiger partial charge in [-0.1, -0.05) is 23.4 Å². The van der Waals surface area contributed by atoms with E-state index in [1.54, 1.807) is 12.3 Å².